The van der Waals surface area contributed by atoms with Gasteiger partial charge >= 0.3 is 0 Å². The van der Waals surface area contributed by atoms with Crippen LogP contribution in [-0.4, -0.2) is 11.0 Å². The number of hydrogen-bond acceptors (Lipinski definition) is 3. The van der Waals surface area contributed by atoms with Crippen LogP contribution in [0.2, 0.25) is 0 Å². The molecule has 11 heavy (non-hydrogen) atoms. The van der Waals surface area contributed by atoms with E-state index in [2.05, 4.69) is 6.92 Å². The minimum Gasteiger partial charge on any atom is -0.294 e. The fourth-order valence-corrected chi connectivity index (χ4v) is 3.62. The number of Topliss-reactive ketones (excluding diaryl/α,β-unsaturated/α-hetero) is 1. The standard InChI is InChI=1S/C8H8OS2/c1-5-4-7(9)6-2-3-10-8(6)11-5/h2-3,5H,4H2,1H3/t5-/m1/s1. The summed E-state index contributed by atoms with van der Waals surface area (Å²) in [5.74, 6) is 0.313. The molecule has 1 aliphatic heterocycles. The van der Waals surface area contributed by atoms with Crippen LogP contribution < -0.4 is 0 Å². The number of fused-ring (bicyclic) bond motifs is 1. The summed E-state index contributed by atoms with van der Waals surface area (Å²) in [6.07, 6.45) is 0.703. The van der Waals surface area contributed by atoms with Gasteiger partial charge in [-0.1, -0.05) is 6.92 Å². The Labute approximate surface area is 73.8 Å². The highest BCUT2D eigenvalue weighted by Crippen LogP contribution is 2.38. The van der Waals surface area contributed by atoms with Crippen molar-refractivity contribution in [3.05, 3.63) is 17.0 Å². The van der Waals surface area contributed by atoms with Crippen LogP contribution in [0.5, 0.6) is 0 Å². The lowest BCUT2D eigenvalue weighted by Crippen LogP contribution is -2.12. The molecule has 1 nitrogen and oxygen atoms in total. The van der Waals surface area contributed by atoms with E-state index in [9.17, 15) is 4.79 Å². The second-order valence-electron chi connectivity index (χ2n) is 2.68. The highest BCUT2D eigenvalue weighted by Gasteiger charge is 2.23. The van der Waals surface area contributed by atoms with Gasteiger partial charge in [0.1, 0.15) is 0 Å². The predicted molar refractivity (Wildman–Crippen MR) is 48.6 cm³/mol. The first-order chi connectivity index (χ1) is 5.27. The third-order valence-corrected chi connectivity index (χ3v) is 4.00. The quantitative estimate of drug-likeness (QED) is 0.616. The molecule has 3 heteroatoms. The molecular formula is C8H8OS2. The summed E-state index contributed by atoms with van der Waals surface area (Å²) in [4.78, 5) is 11.4. The Morgan fingerprint density at radius 2 is 2.45 bits per heavy atom. The molecule has 1 aromatic heterocycles. The third kappa shape index (κ3) is 1.23. The number of carbonyl (C=O) groups is 1. The number of ketones is 1. The number of hydrogen-bond donors (Lipinski definition) is 0. The Morgan fingerprint density at radius 3 is 3.27 bits per heavy atom. The molecule has 0 aromatic carbocycles. The molecule has 1 aromatic rings. The zero-order valence-corrected chi connectivity index (χ0v) is 7.80. The molecular weight excluding hydrogens is 176 g/mol. The first kappa shape index (κ1) is 7.37. The van der Waals surface area contributed by atoms with Gasteiger partial charge in [-0.15, -0.1) is 23.1 Å². The zero-order valence-electron chi connectivity index (χ0n) is 6.16. The van der Waals surface area contributed by atoms with E-state index in [-0.39, 0.29) is 0 Å². The average molecular weight is 184 g/mol. The van der Waals surface area contributed by atoms with Crippen LogP contribution in [0.4, 0.5) is 0 Å². The van der Waals surface area contributed by atoms with Crippen molar-refractivity contribution in [2.24, 2.45) is 0 Å². The molecule has 0 unspecified atom stereocenters. The van der Waals surface area contributed by atoms with E-state index in [4.69, 9.17) is 0 Å². The van der Waals surface area contributed by atoms with Gasteiger partial charge in [0.25, 0.3) is 0 Å². The fraction of sp³-hybridized carbons (Fsp3) is 0.375. The Kier molecular flexibility index (Phi) is 1.77. The Balaban J connectivity index is 2.44. The molecule has 1 atom stereocenters. The summed E-state index contributed by atoms with van der Waals surface area (Å²) < 4.78 is 1.20. The lowest BCUT2D eigenvalue weighted by Gasteiger charge is -2.15. The summed E-state index contributed by atoms with van der Waals surface area (Å²) in [5.41, 5.74) is 0.943. The van der Waals surface area contributed by atoms with E-state index < -0.39 is 0 Å². The van der Waals surface area contributed by atoms with Gasteiger partial charge < -0.3 is 0 Å². The van der Waals surface area contributed by atoms with E-state index in [1.165, 1.54) is 4.21 Å². The number of carbonyl (C=O) groups excluding carboxylic acids is 1. The van der Waals surface area contributed by atoms with Crippen molar-refractivity contribution < 1.29 is 4.79 Å². The van der Waals surface area contributed by atoms with Crippen LogP contribution in [0, 0.1) is 0 Å². The summed E-state index contributed by atoms with van der Waals surface area (Å²) >= 11 is 3.49. The van der Waals surface area contributed by atoms with Crippen molar-refractivity contribution in [2.75, 3.05) is 0 Å². The topological polar surface area (TPSA) is 17.1 Å². The maximum absolute atomic E-state index is 11.4. The van der Waals surface area contributed by atoms with Crippen molar-refractivity contribution >= 4 is 28.9 Å². The number of rotatable bonds is 0. The highest BCUT2D eigenvalue weighted by atomic mass is 32.2. The van der Waals surface area contributed by atoms with Crippen molar-refractivity contribution in [1.82, 2.24) is 0 Å². The van der Waals surface area contributed by atoms with E-state index >= 15 is 0 Å². The second kappa shape index (κ2) is 2.64. The molecule has 0 amide bonds. The van der Waals surface area contributed by atoms with Crippen molar-refractivity contribution in [2.45, 2.75) is 22.8 Å². The van der Waals surface area contributed by atoms with Crippen LogP contribution in [0.15, 0.2) is 15.7 Å². The lowest BCUT2D eigenvalue weighted by atomic mass is 10.1. The van der Waals surface area contributed by atoms with Crippen LogP contribution in [-0.2, 0) is 0 Å². The molecule has 0 bridgehead atoms. The van der Waals surface area contributed by atoms with Crippen LogP contribution >= 0.6 is 23.1 Å². The van der Waals surface area contributed by atoms with Crippen LogP contribution in [0.3, 0.4) is 0 Å². The Hall–Kier alpha value is -0.280. The SMILES string of the molecule is C[C@@H]1CC(=O)c2ccsc2S1. The molecule has 1 aliphatic rings. The molecule has 0 N–H and O–H groups in total. The minimum absolute atomic E-state index is 0.313. The molecule has 0 saturated heterocycles. The van der Waals surface area contributed by atoms with E-state index in [1.54, 1.807) is 11.3 Å². The van der Waals surface area contributed by atoms with Crippen LogP contribution in [0.25, 0.3) is 0 Å². The predicted octanol–water partition coefficient (Wildman–Crippen LogP) is 2.82. The molecule has 0 radical (unpaired) electrons. The van der Waals surface area contributed by atoms with Gasteiger partial charge in [0.05, 0.1) is 4.21 Å². The van der Waals surface area contributed by atoms with Gasteiger partial charge in [0.2, 0.25) is 0 Å². The number of thiophene rings is 1. The van der Waals surface area contributed by atoms with Gasteiger partial charge in [0.15, 0.2) is 5.78 Å². The van der Waals surface area contributed by atoms with Gasteiger partial charge in [-0.2, -0.15) is 0 Å². The van der Waals surface area contributed by atoms with Gasteiger partial charge in [-0.3, -0.25) is 4.79 Å². The molecule has 58 valence electrons. The van der Waals surface area contributed by atoms with Crippen molar-refractivity contribution in [3.8, 4) is 0 Å². The monoisotopic (exact) mass is 184 g/mol. The van der Waals surface area contributed by atoms with Gasteiger partial charge in [-0.25, -0.2) is 0 Å². The Bertz CT molecular complexity index is 290. The molecule has 0 fully saturated rings. The van der Waals surface area contributed by atoms with E-state index in [0.717, 1.165) is 5.56 Å². The lowest BCUT2D eigenvalue weighted by molar-refractivity contribution is 0.0979. The second-order valence-corrected chi connectivity index (χ2v) is 5.30. The average Bonchev–Trinajstić information content (AvgIpc) is 2.34. The summed E-state index contributed by atoms with van der Waals surface area (Å²) in [7, 11) is 0. The van der Waals surface area contributed by atoms with Gasteiger partial charge in [-0.05, 0) is 11.4 Å². The highest BCUT2D eigenvalue weighted by molar-refractivity contribution is 8.01. The molecule has 0 saturated carbocycles. The van der Waals surface area contributed by atoms with Crippen molar-refractivity contribution in [3.63, 3.8) is 0 Å². The molecule has 0 aliphatic carbocycles. The summed E-state index contributed by atoms with van der Waals surface area (Å²) in [6.45, 7) is 2.10. The summed E-state index contributed by atoms with van der Waals surface area (Å²) in [6, 6.07) is 1.93. The largest absolute Gasteiger partial charge is 0.294 e. The van der Waals surface area contributed by atoms with Crippen molar-refractivity contribution in [1.29, 1.82) is 0 Å². The molecule has 2 heterocycles. The summed E-state index contributed by atoms with van der Waals surface area (Å²) in [5, 5.41) is 2.46. The van der Waals surface area contributed by atoms with Gasteiger partial charge in [0, 0.05) is 17.2 Å². The minimum atomic E-state index is 0.313. The third-order valence-electron chi connectivity index (χ3n) is 1.71. The molecule has 0 spiro atoms. The zero-order chi connectivity index (χ0) is 7.84. The van der Waals surface area contributed by atoms with E-state index in [0.29, 0.717) is 17.5 Å². The van der Waals surface area contributed by atoms with Crippen LogP contribution in [0.1, 0.15) is 23.7 Å². The maximum atomic E-state index is 11.4. The smallest absolute Gasteiger partial charge is 0.165 e. The number of thioether (sulfide) groups is 1. The first-order valence-electron chi connectivity index (χ1n) is 3.54. The van der Waals surface area contributed by atoms with E-state index in [1.807, 2.05) is 23.2 Å². The maximum Gasteiger partial charge on any atom is 0.165 e. The molecule has 2 rings (SSSR count). The first-order valence-corrected chi connectivity index (χ1v) is 5.30. The Morgan fingerprint density at radius 1 is 1.64 bits per heavy atom. The normalized spacial score (nSPS) is 23.4. The fourth-order valence-electron chi connectivity index (χ4n) is 1.19.